The summed E-state index contributed by atoms with van der Waals surface area (Å²) >= 11 is 0. The summed E-state index contributed by atoms with van der Waals surface area (Å²) in [5.41, 5.74) is 0.528. The van der Waals surface area contributed by atoms with Crippen LogP contribution in [-0.2, 0) is 4.79 Å². The van der Waals surface area contributed by atoms with E-state index in [4.69, 9.17) is 0 Å². The zero-order chi connectivity index (χ0) is 18.9. The average Bonchev–Trinajstić information content (AvgIpc) is 2.98. The van der Waals surface area contributed by atoms with E-state index >= 15 is 0 Å². The summed E-state index contributed by atoms with van der Waals surface area (Å²) in [6.45, 7) is 0.587. The van der Waals surface area contributed by atoms with E-state index < -0.39 is 5.41 Å². The molecule has 2 aromatic rings. The summed E-state index contributed by atoms with van der Waals surface area (Å²) in [6, 6.07) is 11.4. The minimum atomic E-state index is -0.466. The van der Waals surface area contributed by atoms with Gasteiger partial charge in [-0.3, -0.25) is 14.6 Å². The third-order valence-electron chi connectivity index (χ3n) is 5.71. The minimum Gasteiger partial charge on any atom is -0.348 e. The van der Waals surface area contributed by atoms with E-state index in [1.165, 1.54) is 12.1 Å². The van der Waals surface area contributed by atoms with E-state index in [2.05, 4.69) is 10.3 Å². The fourth-order valence-electron chi connectivity index (χ4n) is 4.37. The van der Waals surface area contributed by atoms with E-state index in [0.29, 0.717) is 24.3 Å². The molecule has 1 aliphatic carbocycles. The fraction of sp³-hybridized carbons (Fsp3) is 0.381. The van der Waals surface area contributed by atoms with Gasteiger partial charge in [-0.2, -0.15) is 0 Å². The Balaban J connectivity index is 1.47. The molecule has 2 heterocycles. The molecule has 1 saturated heterocycles. The second-order valence-corrected chi connectivity index (χ2v) is 7.45. The Labute approximate surface area is 157 Å². The lowest BCUT2D eigenvalue weighted by atomic mass is 9.71. The molecule has 0 bridgehead atoms. The standard InChI is InChI=1S/C21H22FN3O2/c22-15-5-3-7-17(13-15)25-12-10-21(20(25)27)9-4-6-16(14-21)24-19(26)18-8-1-2-11-23-18/h1-3,5,7-8,11,13,16H,4,6,9-10,12,14H2,(H,24,26). The molecule has 140 valence electrons. The molecule has 2 aliphatic rings. The third kappa shape index (κ3) is 3.44. The van der Waals surface area contributed by atoms with Gasteiger partial charge in [0.15, 0.2) is 0 Å². The first-order chi connectivity index (χ1) is 13.1. The Morgan fingerprint density at radius 3 is 2.89 bits per heavy atom. The number of pyridine rings is 1. The molecule has 1 aliphatic heterocycles. The van der Waals surface area contributed by atoms with Gasteiger partial charge < -0.3 is 10.2 Å². The topological polar surface area (TPSA) is 62.3 Å². The third-order valence-corrected chi connectivity index (χ3v) is 5.71. The van der Waals surface area contributed by atoms with Crippen LogP contribution >= 0.6 is 0 Å². The number of hydrogen-bond acceptors (Lipinski definition) is 3. The SMILES string of the molecule is O=C(NC1CCCC2(CCN(c3cccc(F)c3)C2=O)C1)c1ccccn1. The molecule has 1 spiro atoms. The number of anilines is 1. The maximum Gasteiger partial charge on any atom is 0.270 e. The van der Waals surface area contributed by atoms with E-state index in [0.717, 1.165) is 25.7 Å². The van der Waals surface area contributed by atoms with Gasteiger partial charge in [0.05, 0.1) is 5.41 Å². The van der Waals surface area contributed by atoms with Crippen molar-refractivity contribution in [2.45, 2.75) is 38.1 Å². The normalized spacial score (nSPS) is 25.0. The fourth-order valence-corrected chi connectivity index (χ4v) is 4.37. The molecule has 27 heavy (non-hydrogen) atoms. The van der Waals surface area contributed by atoms with Crippen molar-refractivity contribution in [2.75, 3.05) is 11.4 Å². The largest absolute Gasteiger partial charge is 0.348 e. The van der Waals surface area contributed by atoms with Crippen LogP contribution in [-0.4, -0.2) is 29.4 Å². The van der Waals surface area contributed by atoms with Crippen molar-refractivity contribution >= 4 is 17.5 Å². The van der Waals surface area contributed by atoms with Crippen molar-refractivity contribution < 1.29 is 14.0 Å². The maximum atomic E-state index is 13.6. The lowest BCUT2D eigenvalue weighted by Gasteiger charge is -2.36. The lowest BCUT2D eigenvalue weighted by molar-refractivity contribution is -0.127. The molecule has 1 aromatic heterocycles. The molecule has 1 aromatic carbocycles. The summed E-state index contributed by atoms with van der Waals surface area (Å²) < 4.78 is 13.6. The number of nitrogens with one attached hydrogen (secondary N) is 1. The minimum absolute atomic E-state index is 0.0462. The van der Waals surface area contributed by atoms with Crippen molar-refractivity contribution in [1.29, 1.82) is 0 Å². The van der Waals surface area contributed by atoms with E-state index in [9.17, 15) is 14.0 Å². The highest BCUT2D eigenvalue weighted by Gasteiger charge is 2.49. The Morgan fingerprint density at radius 2 is 2.11 bits per heavy atom. The van der Waals surface area contributed by atoms with Crippen LogP contribution in [0, 0.1) is 11.2 Å². The Morgan fingerprint density at radius 1 is 1.22 bits per heavy atom. The van der Waals surface area contributed by atoms with E-state index in [-0.39, 0.29) is 23.7 Å². The van der Waals surface area contributed by atoms with Crippen LogP contribution in [0.2, 0.25) is 0 Å². The van der Waals surface area contributed by atoms with Crippen molar-refractivity contribution in [1.82, 2.24) is 10.3 Å². The van der Waals surface area contributed by atoms with Gasteiger partial charge in [-0.15, -0.1) is 0 Å². The number of benzene rings is 1. The highest BCUT2D eigenvalue weighted by molar-refractivity contribution is 6.00. The second kappa shape index (κ2) is 7.10. The van der Waals surface area contributed by atoms with Crippen LogP contribution in [0.25, 0.3) is 0 Å². The summed E-state index contributed by atoms with van der Waals surface area (Å²) in [6.07, 6.45) is 5.50. The van der Waals surface area contributed by atoms with Crippen LogP contribution < -0.4 is 10.2 Å². The lowest BCUT2D eigenvalue weighted by Crippen LogP contribution is -2.46. The number of carbonyl (C=O) groups is 2. The molecule has 2 atom stereocenters. The molecular weight excluding hydrogens is 345 g/mol. The number of nitrogens with zero attached hydrogens (tertiary/aromatic N) is 2. The molecule has 2 unspecified atom stereocenters. The van der Waals surface area contributed by atoms with Crippen molar-refractivity contribution in [3.63, 3.8) is 0 Å². The Bertz CT molecular complexity index is 858. The van der Waals surface area contributed by atoms with Gasteiger partial charge in [0, 0.05) is 24.5 Å². The molecule has 1 N–H and O–H groups in total. The highest BCUT2D eigenvalue weighted by Crippen LogP contribution is 2.46. The quantitative estimate of drug-likeness (QED) is 0.905. The highest BCUT2D eigenvalue weighted by atomic mass is 19.1. The second-order valence-electron chi connectivity index (χ2n) is 7.45. The molecular formula is C21H22FN3O2. The number of amides is 2. The number of hydrogen-bond donors (Lipinski definition) is 1. The zero-order valence-electron chi connectivity index (χ0n) is 15.0. The van der Waals surface area contributed by atoms with Crippen molar-refractivity contribution in [3.8, 4) is 0 Å². The molecule has 6 heteroatoms. The maximum absolute atomic E-state index is 13.6. The summed E-state index contributed by atoms with van der Waals surface area (Å²) in [7, 11) is 0. The van der Waals surface area contributed by atoms with Gasteiger partial charge >= 0.3 is 0 Å². The molecule has 4 rings (SSSR count). The monoisotopic (exact) mass is 367 g/mol. The van der Waals surface area contributed by atoms with Gasteiger partial charge in [-0.05, 0) is 56.0 Å². The molecule has 2 fully saturated rings. The first-order valence-corrected chi connectivity index (χ1v) is 9.37. The van der Waals surface area contributed by atoms with E-state index in [1.54, 1.807) is 41.4 Å². The van der Waals surface area contributed by atoms with Gasteiger partial charge in [0.25, 0.3) is 5.91 Å². The summed E-state index contributed by atoms with van der Waals surface area (Å²) in [5, 5.41) is 3.04. The number of carbonyl (C=O) groups excluding carboxylic acids is 2. The average molecular weight is 367 g/mol. The van der Waals surface area contributed by atoms with E-state index in [1.807, 2.05) is 0 Å². The zero-order valence-corrected chi connectivity index (χ0v) is 15.0. The predicted octanol–water partition coefficient (Wildman–Crippen LogP) is 3.32. The number of aromatic nitrogens is 1. The summed E-state index contributed by atoms with van der Waals surface area (Å²) in [4.78, 5) is 31.4. The first kappa shape index (κ1) is 17.6. The van der Waals surface area contributed by atoms with Crippen LogP contribution in [0.1, 0.15) is 42.6 Å². The van der Waals surface area contributed by atoms with Gasteiger partial charge in [0.2, 0.25) is 5.91 Å². The first-order valence-electron chi connectivity index (χ1n) is 9.37. The smallest absolute Gasteiger partial charge is 0.270 e. The molecule has 1 saturated carbocycles. The van der Waals surface area contributed by atoms with Crippen LogP contribution in [0.15, 0.2) is 48.7 Å². The van der Waals surface area contributed by atoms with Gasteiger partial charge in [-0.25, -0.2) is 4.39 Å². The number of rotatable bonds is 3. The Hall–Kier alpha value is -2.76. The number of halogens is 1. The van der Waals surface area contributed by atoms with Crippen molar-refractivity contribution in [3.05, 3.63) is 60.2 Å². The predicted molar refractivity (Wildman–Crippen MR) is 99.8 cm³/mol. The molecule has 2 amide bonds. The van der Waals surface area contributed by atoms with Gasteiger partial charge in [0.1, 0.15) is 11.5 Å². The van der Waals surface area contributed by atoms with Crippen molar-refractivity contribution in [2.24, 2.45) is 5.41 Å². The molecule has 0 radical (unpaired) electrons. The van der Waals surface area contributed by atoms with Gasteiger partial charge in [-0.1, -0.05) is 18.6 Å². The van der Waals surface area contributed by atoms with Crippen LogP contribution in [0.4, 0.5) is 10.1 Å². The summed E-state index contributed by atoms with van der Waals surface area (Å²) in [5.74, 6) is -0.500. The molecule has 5 nitrogen and oxygen atoms in total. The van der Waals surface area contributed by atoms with Crippen LogP contribution in [0.3, 0.4) is 0 Å². The Kier molecular flexibility index (Phi) is 4.64. The van der Waals surface area contributed by atoms with Crippen LogP contribution in [0.5, 0.6) is 0 Å².